The molecule has 1 atom stereocenters. The minimum absolute atomic E-state index is 0.564. The normalized spacial score (nSPS) is 21.9. The van der Waals surface area contributed by atoms with Crippen LogP contribution in [0.25, 0.3) is 0 Å². The molecule has 1 aromatic rings. The summed E-state index contributed by atoms with van der Waals surface area (Å²) in [6.45, 7) is 0. The van der Waals surface area contributed by atoms with Crippen molar-refractivity contribution >= 4 is 29.1 Å². The van der Waals surface area contributed by atoms with E-state index in [1.807, 2.05) is 17.8 Å². The highest BCUT2D eigenvalue weighted by molar-refractivity contribution is 7.99. The summed E-state index contributed by atoms with van der Waals surface area (Å²) in [7, 11) is 0. The molecule has 76 valence electrons. The highest BCUT2D eigenvalue weighted by atomic mass is 35.5. The first-order valence-electron chi connectivity index (χ1n) is 4.80. The lowest BCUT2D eigenvalue weighted by molar-refractivity contribution is 0.685. The first kappa shape index (κ1) is 10.1. The van der Waals surface area contributed by atoms with Crippen LogP contribution < -0.4 is 5.32 Å². The number of hydrogen-bond acceptors (Lipinski definition) is 3. The standard InChI is InChI=1S/C10H13ClN2S/c11-9-6-12-4-3-10(9)13-8-2-1-5-14-7-8/h3-4,6,8H,1-2,5,7H2,(H,12,13). The quantitative estimate of drug-likeness (QED) is 0.843. The number of aromatic nitrogens is 1. The number of thioether (sulfide) groups is 1. The van der Waals surface area contributed by atoms with Crippen LogP contribution in [0.5, 0.6) is 0 Å². The van der Waals surface area contributed by atoms with Crippen LogP contribution in [0, 0.1) is 0 Å². The second-order valence-corrected chi connectivity index (χ2v) is 4.97. The fourth-order valence-corrected chi connectivity index (χ4v) is 2.81. The van der Waals surface area contributed by atoms with Crippen molar-refractivity contribution in [2.75, 3.05) is 16.8 Å². The molecule has 1 N–H and O–H groups in total. The molecule has 2 rings (SSSR count). The van der Waals surface area contributed by atoms with Gasteiger partial charge in [-0.05, 0) is 24.7 Å². The minimum Gasteiger partial charge on any atom is -0.380 e. The third-order valence-corrected chi connectivity index (χ3v) is 3.81. The minimum atomic E-state index is 0.564. The molecule has 2 nitrogen and oxygen atoms in total. The molecule has 1 aromatic heterocycles. The number of nitrogens with one attached hydrogen (secondary N) is 1. The maximum Gasteiger partial charge on any atom is 0.0820 e. The van der Waals surface area contributed by atoms with E-state index in [1.165, 1.54) is 24.3 Å². The Bertz CT molecular complexity index is 300. The highest BCUT2D eigenvalue weighted by Crippen LogP contribution is 2.24. The van der Waals surface area contributed by atoms with Crippen LogP contribution in [0.4, 0.5) is 5.69 Å². The number of rotatable bonds is 2. The van der Waals surface area contributed by atoms with E-state index in [-0.39, 0.29) is 0 Å². The van der Waals surface area contributed by atoms with Crippen molar-refractivity contribution in [1.82, 2.24) is 4.98 Å². The fourth-order valence-electron chi connectivity index (χ4n) is 1.57. The Labute approximate surface area is 93.4 Å². The largest absolute Gasteiger partial charge is 0.380 e. The summed E-state index contributed by atoms with van der Waals surface area (Å²) in [5.41, 5.74) is 1.01. The van der Waals surface area contributed by atoms with Gasteiger partial charge in [0.05, 0.1) is 10.7 Å². The van der Waals surface area contributed by atoms with Crippen LogP contribution in [0.3, 0.4) is 0 Å². The molecule has 2 heterocycles. The van der Waals surface area contributed by atoms with Crippen LogP contribution >= 0.6 is 23.4 Å². The van der Waals surface area contributed by atoms with Gasteiger partial charge in [-0.2, -0.15) is 11.8 Å². The number of hydrogen-bond donors (Lipinski definition) is 1. The lowest BCUT2D eigenvalue weighted by Gasteiger charge is -2.23. The van der Waals surface area contributed by atoms with Gasteiger partial charge in [-0.15, -0.1) is 0 Å². The summed E-state index contributed by atoms with van der Waals surface area (Å²) < 4.78 is 0. The fraction of sp³-hybridized carbons (Fsp3) is 0.500. The van der Waals surface area contributed by atoms with E-state index >= 15 is 0 Å². The molecule has 1 unspecified atom stereocenters. The van der Waals surface area contributed by atoms with Crippen LogP contribution in [-0.2, 0) is 0 Å². The zero-order valence-corrected chi connectivity index (χ0v) is 9.44. The number of pyridine rings is 1. The molecule has 0 radical (unpaired) electrons. The van der Waals surface area contributed by atoms with E-state index in [9.17, 15) is 0 Å². The lowest BCUT2D eigenvalue weighted by atomic mass is 10.2. The van der Waals surface area contributed by atoms with Gasteiger partial charge >= 0.3 is 0 Å². The average Bonchev–Trinajstić information content (AvgIpc) is 2.23. The van der Waals surface area contributed by atoms with Gasteiger partial charge in [0.15, 0.2) is 0 Å². The molecule has 1 saturated heterocycles. The number of halogens is 1. The average molecular weight is 229 g/mol. The van der Waals surface area contributed by atoms with Crippen LogP contribution in [-0.4, -0.2) is 22.5 Å². The zero-order valence-electron chi connectivity index (χ0n) is 7.87. The topological polar surface area (TPSA) is 24.9 Å². The lowest BCUT2D eigenvalue weighted by Crippen LogP contribution is -2.25. The van der Waals surface area contributed by atoms with E-state index in [2.05, 4.69) is 10.3 Å². The predicted molar refractivity (Wildman–Crippen MR) is 63.2 cm³/mol. The summed E-state index contributed by atoms with van der Waals surface area (Å²) in [4.78, 5) is 3.96. The van der Waals surface area contributed by atoms with Crippen molar-refractivity contribution in [1.29, 1.82) is 0 Å². The highest BCUT2D eigenvalue weighted by Gasteiger charge is 2.14. The summed E-state index contributed by atoms with van der Waals surface area (Å²) in [5.74, 6) is 2.47. The van der Waals surface area contributed by atoms with Gasteiger partial charge in [0.25, 0.3) is 0 Å². The molecule has 0 amide bonds. The van der Waals surface area contributed by atoms with E-state index in [0.29, 0.717) is 11.1 Å². The summed E-state index contributed by atoms with van der Waals surface area (Å²) in [6, 6.07) is 2.50. The summed E-state index contributed by atoms with van der Waals surface area (Å²) >= 11 is 8.02. The molecule has 0 saturated carbocycles. The van der Waals surface area contributed by atoms with Crippen molar-refractivity contribution in [3.63, 3.8) is 0 Å². The molecule has 4 heteroatoms. The van der Waals surface area contributed by atoms with Crippen molar-refractivity contribution in [2.24, 2.45) is 0 Å². The second kappa shape index (κ2) is 4.89. The molecular formula is C10H13ClN2S. The molecular weight excluding hydrogens is 216 g/mol. The Kier molecular flexibility index (Phi) is 3.54. The van der Waals surface area contributed by atoms with E-state index in [0.717, 1.165) is 5.69 Å². The SMILES string of the molecule is Clc1cnccc1NC1CCCSC1. The van der Waals surface area contributed by atoms with Gasteiger partial charge in [-0.3, -0.25) is 4.98 Å². The molecule has 0 spiro atoms. The Morgan fingerprint density at radius 1 is 1.57 bits per heavy atom. The first-order valence-corrected chi connectivity index (χ1v) is 6.33. The molecule has 1 aliphatic heterocycles. The number of anilines is 1. The molecule has 0 bridgehead atoms. The predicted octanol–water partition coefficient (Wildman–Crippen LogP) is 3.04. The third kappa shape index (κ3) is 2.55. The summed E-state index contributed by atoms with van der Waals surface area (Å²) in [5, 5.41) is 4.17. The Morgan fingerprint density at radius 3 is 3.21 bits per heavy atom. The van der Waals surface area contributed by atoms with E-state index in [4.69, 9.17) is 11.6 Å². The molecule has 1 aliphatic rings. The van der Waals surface area contributed by atoms with Crippen LogP contribution in [0.1, 0.15) is 12.8 Å². The summed E-state index contributed by atoms with van der Waals surface area (Å²) in [6.07, 6.45) is 5.99. The Morgan fingerprint density at radius 2 is 2.50 bits per heavy atom. The molecule has 0 aliphatic carbocycles. The first-order chi connectivity index (χ1) is 6.86. The van der Waals surface area contributed by atoms with Crippen LogP contribution in [0.2, 0.25) is 5.02 Å². The molecule has 1 fully saturated rings. The van der Waals surface area contributed by atoms with Gasteiger partial charge < -0.3 is 5.32 Å². The Balaban J connectivity index is 1.99. The van der Waals surface area contributed by atoms with E-state index < -0.39 is 0 Å². The van der Waals surface area contributed by atoms with Crippen LogP contribution in [0.15, 0.2) is 18.5 Å². The van der Waals surface area contributed by atoms with Gasteiger partial charge in [0, 0.05) is 24.2 Å². The van der Waals surface area contributed by atoms with E-state index in [1.54, 1.807) is 12.4 Å². The van der Waals surface area contributed by atoms with Gasteiger partial charge in [-0.1, -0.05) is 11.6 Å². The maximum absolute atomic E-state index is 6.01. The van der Waals surface area contributed by atoms with Gasteiger partial charge in [0.2, 0.25) is 0 Å². The van der Waals surface area contributed by atoms with Gasteiger partial charge in [-0.25, -0.2) is 0 Å². The number of nitrogens with zero attached hydrogens (tertiary/aromatic N) is 1. The Hall–Kier alpha value is -0.410. The third-order valence-electron chi connectivity index (χ3n) is 2.29. The zero-order chi connectivity index (χ0) is 9.80. The van der Waals surface area contributed by atoms with Crippen molar-refractivity contribution in [3.05, 3.63) is 23.5 Å². The van der Waals surface area contributed by atoms with Crippen molar-refractivity contribution in [2.45, 2.75) is 18.9 Å². The van der Waals surface area contributed by atoms with Gasteiger partial charge in [0.1, 0.15) is 0 Å². The second-order valence-electron chi connectivity index (χ2n) is 3.41. The van der Waals surface area contributed by atoms with Crippen molar-refractivity contribution in [3.8, 4) is 0 Å². The molecule has 14 heavy (non-hydrogen) atoms. The maximum atomic E-state index is 6.01. The molecule has 0 aromatic carbocycles. The monoisotopic (exact) mass is 228 g/mol. The van der Waals surface area contributed by atoms with Crippen molar-refractivity contribution < 1.29 is 0 Å². The smallest absolute Gasteiger partial charge is 0.0820 e.